The lowest BCUT2D eigenvalue weighted by Gasteiger charge is -2.32. The number of nitrogens with two attached hydrogens (primary N) is 1. The first kappa shape index (κ1) is 13.9. The summed E-state index contributed by atoms with van der Waals surface area (Å²) in [5.41, 5.74) is 8.54. The molecule has 0 aromatic heterocycles. The Balaban J connectivity index is 2.30. The molecule has 19 heavy (non-hydrogen) atoms. The molecule has 1 aromatic rings. The molecule has 1 heterocycles. The Bertz CT molecular complexity index is 478. The molecular weight excluding hydrogens is 240 g/mol. The molecule has 0 saturated carbocycles. The van der Waals surface area contributed by atoms with Gasteiger partial charge < -0.3 is 10.5 Å². The molecule has 1 amide bonds. The second kappa shape index (κ2) is 5.21. The molecule has 2 rings (SSSR count). The molecule has 0 unspecified atom stereocenters. The van der Waals surface area contributed by atoms with Crippen molar-refractivity contribution in [2.24, 2.45) is 5.73 Å². The van der Waals surface area contributed by atoms with Crippen LogP contribution in [0.2, 0.25) is 0 Å². The first-order valence-electron chi connectivity index (χ1n) is 6.74. The topological polar surface area (TPSA) is 55.6 Å². The summed E-state index contributed by atoms with van der Waals surface area (Å²) in [5.74, 6) is 0. The van der Waals surface area contributed by atoms with E-state index in [2.05, 4.69) is 0 Å². The molecule has 4 heteroatoms. The van der Waals surface area contributed by atoms with E-state index in [9.17, 15) is 4.79 Å². The van der Waals surface area contributed by atoms with Gasteiger partial charge in [-0.1, -0.05) is 12.1 Å². The van der Waals surface area contributed by atoms with Crippen LogP contribution >= 0.6 is 0 Å². The molecule has 104 valence electrons. The number of ether oxygens (including phenoxy) is 1. The zero-order valence-corrected chi connectivity index (χ0v) is 11.9. The summed E-state index contributed by atoms with van der Waals surface area (Å²) in [6.45, 7) is 6.85. The normalized spacial score (nSPS) is 15.1. The highest BCUT2D eigenvalue weighted by molar-refractivity contribution is 5.89. The smallest absolute Gasteiger partial charge is 0.414 e. The van der Waals surface area contributed by atoms with E-state index in [1.54, 1.807) is 4.90 Å². The van der Waals surface area contributed by atoms with Crippen molar-refractivity contribution in [2.75, 3.05) is 11.4 Å². The molecule has 0 bridgehead atoms. The maximum Gasteiger partial charge on any atom is 0.414 e. The number of hydrogen-bond acceptors (Lipinski definition) is 3. The Morgan fingerprint density at radius 2 is 2.16 bits per heavy atom. The zero-order chi connectivity index (χ0) is 14.0. The predicted octanol–water partition coefficient (Wildman–Crippen LogP) is 2.83. The third-order valence-electron chi connectivity index (χ3n) is 3.18. The van der Waals surface area contributed by atoms with E-state index in [0.29, 0.717) is 13.1 Å². The fourth-order valence-corrected chi connectivity index (χ4v) is 2.39. The number of fused-ring (bicyclic) bond motifs is 1. The highest BCUT2D eigenvalue weighted by atomic mass is 16.6. The summed E-state index contributed by atoms with van der Waals surface area (Å²) in [7, 11) is 0. The van der Waals surface area contributed by atoms with Crippen LogP contribution < -0.4 is 10.6 Å². The monoisotopic (exact) mass is 262 g/mol. The largest absolute Gasteiger partial charge is 0.443 e. The van der Waals surface area contributed by atoms with Crippen molar-refractivity contribution in [3.05, 3.63) is 29.3 Å². The van der Waals surface area contributed by atoms with Crippen LogP contribution in [0.5, 0.6) is 0 Å². The minimum Gasteiger partial charge on any atom is -0.443 e. The van der Waals surface area contributed by atoms with Crippen molar-refractivity contribution in [2.45, 2.75) is 45.8 Å². The van der Waals surface area contributed by atoms with Crippen molar-refractivity contribution < 1.29 is 9.53 Å². The van der Waals surface area contributed by atoms with Gasteiger partial charge in [0.05, 0.1) is 5.69 Å². The number of nitrogens with zero attached hydrogens (tertiary/aromatic N) is 1. The van der Waals surface area contributed by atoms with E-state index in [1.165, 1.54) is 5.56 Å². The summed E-state index contributed by atoms with van der Waals surface area (Å²) in [6.07, 6.45) is 1.65. The first-order chi connectivity index (χ1) is 8.92. The molecule has 0 atom stereocenters. The van der Waals surface area contributed by atoms with E-state index in [0.717, 1.165) is 24.1 Å². The second-order valence-electron chi connectivity index (χ2n) is 5.85. The van der Waals surface area contributed by atoms with Gasteiger partial charge in [-0.15, -0.1) is 0 Å². The zero-order valence-electron chi connectivity index (χ0n) is 11.9. The summed E-state index contributed by atoms with van der Waals surface area (Å²) in [4.78, 5) is 14.0. The van der Waals surface area contributed by atoms with Gasteiger partial charge in [0.25, 0.3) is 0 Å². The summed E-state index contributed by atoms with van der Waals surface area (Å²) in [5, 5.41) is 0. The van der Waals surface area contributed by atoms with Gasteiger partial charge in [0.2, 0.25) is 0 Å². The lowest BCUT2D eigenvalue weighted by molar-refractivity contribution is 0.0578. The van der Waals surface area contributed by atoms with E-state index in [1.807, 2.05) is 39.0 Å². The van der Waals surface area contributed by atoms with Gasteiger partial charge in [-0.2, -0.15) is 0 Å². The number of amides is 1. The minimum atomic E-state index is -0.472. The molecule has 1 aromatic carbocycles. The van der Waals surface area contributed by atoms with Crippen LogP contribution in [-0.2, 0) is 17.7 Å². The Kier molecular flexibility index (Phi) is 3.80. The average molecular weight is 262 g/mol. The summed E-state index contributed by atoms with van der Waals surface area (Å²) in [6, 6.07) is 5.94. The van der Waals surface area contributed by atoms with E-state index in [-0.39, 0.29) is 6.09 Å². The quantitative estimate of drug-likeness (QED) is 0.846. The number of carbonyl (C=O) groups is 1. The fourth-order valence-electron chi connectivity index (χ4n) is 2.39. The van der Waals surface area contributed by atoms with Gasteiger partial charge >= 0.3 is 6.09 Å². The average Bonchev–Trinajstić information content (AvgIpc) is 2.35. The van der Waals surface area contributed by atoms with Gasteiger partial charge in [0.15, 0.2) is 0 Å². The van der Waals surface area contributed by atoms with E-state index >= 15 is 0 Å². The standard InChI is InChI=1S/C15H22N2O2/c1-15(2,3)19-14(18)17-9-5-7-12-11(10-16)6-4-8-13(12)17/h4,6,8H,5,7,9-10,16H2,1-3H3. The molecule has 1 aliphatic heterocycles. The Labute approximate surface area is 114 Å². The molecule has 0 aliphatic carbocycles. The second-order valence-corrected chi connectivity index (χ2v) is 5.85. The van der Waals surface area contributed by atoms with Gasteiger partial charge in [0.1, 0.15) is 5.60 Å². The van der Waals surface area contributed by atoms with Gasteiger partial charge in [-0.25, -0.2) is 4.79 Å². The minimum absolute atomic E-state index is 0.275. The van der Waals surface area contributed by atoms with Crippen molar-refractivity contribution >= 4 is 11.8 Å². The molecular formula is C15H22N2O2. The lowest BCUT2D eigenvalue weighted by atomic mass is 9.96. The fraction of sp³-hybridized carbons (Fsp3) is 0.533. The maximum absolute atomic E-state index is 12.2. The molecule has 0 spiro atoms. The van der Waals surface area contributed by atoms with Crippen LogP contribution in [-0.4, -0.2) is 18.2 Å². The van der Waals surface area contributed by atoms with Crippen molar-refractivity contribution in [1.29, 1.82) is 0 Å². The van der Waals surface area contributed by atoms with Crippen LogP contribution in [0.4, 0.5) is 10.5 Å². The third-order valence-corrected chi connectivity index (χ3v) is 3.18. The molecule has 1 aliphatic rings. The highest BCUT2D eigenvalue weighted by Crippen LogP contribution is 2.30. The van der Waals surface area contributed by atoms with Crippen molar-refractivity contribution in [1.82, 2.24) is 0 Å². The number of carbonyl (C=O) groups excluding carboxylic acids is 1. The SMILES string of the molecule is CC(C)(C)OC(=O)N1CCCc2c(CN)cccc21. The Morgan fingerprint density at radius 3 is 2.79 bits per heavy atom. The number of hydrogen-bond donors (Lipinski definition) is 1. The van der Waals surface area contributed by atoms with Gasteiger partial charge in [0, 0.05) is 13.1 Å². The van der Waals surface area contributed by atoms with Crippen LogP contribution in [0.25, 0.3) is 0 Å². The predicted molar refractivity (Wildman–Crippen MR) is 76.2 cm³/mol. The molecule has 4 nitrogen and oxygen atoms in total. The van der Waals surface area contributed by atoms with Crippen LogP contribution in [0.1, 0.15) is 38.3 Å². The molecule has 0 radical (unpaired) electrons. The summed E-state index contributed by atoms with van der Waals surface area (Å²) < 4.78 is 5.46. The molecule has 0 fully saturated rings. The molecule has 0 saturated heterocycles. The summed E-state index contributed by atoms with van der Waals surface area (Å²) >= 11 is 0. The maximum atomic E-state index is 12.2. The lowest BCUT2D eigenvalue weighted by Crippen LogP contribution is -2.40. The van der Waals surface area contributed by atoms with Crippen molar-refractivity contribution in [3.63, 3.8) is 0 Å². The number of benzene rings is 1. The molecule has 2 N–H and O–H groups in total. The van der Waals surface area contributed by atoms with Crippen LogP contribution in [0.15, 0.2) is 18.2 Å². The van der Waals surface area contributed by atoms with Gasteiger partial charge in [-0.3, -0.25) is 4.90 Å². The number of anilines is 1. The van der Waals surface area contributed by atoms with Crippen LogP contribution in [0.3, 0.4) is 0 Å². The first-order valence-corrected chi connectivity index (χ1v) is 6.74. The highest BCUT2D eigenvalue weighted by Gasteiger charge is 2.27. The Hall–Kier alpha value is -1.55. The van der Waals surface area contributed by atoms with Crippen molar-refractivity contribution in [3.8, 4) is 0 Å². The Morgan fingerprint density at radius 1 is 1.42 bits per heavy atom. The number of rotatable bonds is 1. The van der Waals surface area contributed by atoms with Crippen LogP contribution in [0, 0.1) is 0 Å². The third kappa shape index (κ3) is 3.07. The van der Waals surface area contributed by atoms with E-state index < -0.39 is 5.60 Å². The van der Waals surface area contributed by atoms with Gasteiger partial charge in [-0.05, 0) is 50.8 Å². The van der Waals surface area contributed by atoms with E-state index in [4.69, 9.17) is 10.5 Å².